The van der Waals surface area contributed by atoms with Crippen molar-refractivity contribution in [2.45, 2.75) is 6.42 Å². The average molecular weight is 414 g/mol. The van der Waals surface area contributed by atoms with E-state index in [-0.39, 0.29) is 11.8 Å². The second-order valence-corrected chi connectivity index (χ2v) is 6.53. The Hall–Kier alpha value is -1.27. The summed E-state index contributed by atoms with van der Waals surface area (Å²) < 4.78 is 6.58. The maximum absolute atomic E-state index is 12.4. The SMILES string of the molecule is O=C(Nc1ccc(Cl)cc1I)C1COc2ccccc2C1. The lowest BCUT2D eigenvalue weighted by atomic mass is 9.96. The van der Waals surface area contributed by atoms with Crippen LogP contribution < -0.4 is 10.1 Å². The van der Waals surface area contributed by atoms with Crippen molar-refractivity contribution in [3.8, 4) is 5.75 Å². The molecule has 1 aliphatic heterocycles. The molecule has 5 heteroatoms. The second-order valence-electron chi connectivity index (χ2n) is 4.93. The van der Waals surface area contributed by atoms with Gasteiger partial charge in [0.1, 0.15) is 12.4 Å². The molecule has 1 atom stereocenters. The molecule has 1 aliphatic rings. The maximum atomic E-state index is 12.4. The number of carbonyl (C=O) groups excluding carboxylic acids is 1. The van der Waals surface area contributed by atoms with Crippen LogP contribution >= 0.6 is 34.2 Å². The highest BCUT2D eigenvalue weighted by atomic mass is 127. The first-order valence-electron chi connectivity index (χ1n) is 6.60. The number of benzene rings is 2. The van der Waals surface area contributed by atoms with Gasteiger partial charge in [0.15, 0.2) is 0 Å². The minimum absolute atomic E-state index is 0.0234. The van der Waals surface area contributed by atoms with Crippen LogP contribution in [0.2, 0.25) is 5.02 Å². The molecular formula is C16H13ClINO2. The predicted octanol–water partition coefficient (Wildman–Crippen LogP) is 4.13. The minimum Gasteiger partial charge on any atom is -0.492 e. The summed E-state index contributed by atoms with van der Waals surface area (Å²) in [4.78, 5) is 12.4. The molecule has 0 aliphatic carbocycles. The average Bonchev–Trinajstić information content (AvgIpc) is 2.49. The summed E-state index contributed by atoms with van der Waals surface area (Å²) in [6.07, 6.45) is 0.701. The van der Waals surface area contributed by atoms with Crippen LogP contribution in [0.5, 0.6) is 5.75 Å². The molecule has 0 saturated heterocycles. The fourth-order valence-corrected chi connectivity index (χ4v) is 3.33. The van der Waals surface area contributed by atoms with Crippen LogP contribution in [0.15, 0.2) is 42.5 Å². The number of rotatable bonds is 2. The van der Waals surface area contributed by atoms with Gasteiger partial charge in [-0.25, -0.2) is 0 Å². The number of ether oxygens (including phenoxy) is 1. The third-order valence-corrected chi connectivity index (χ3v) is 4.57. The third-order valence-electron chi connectivity index (χ3n) is 3.44. The first-order valence-corrected chi connectivity index (χ1v) is 8.06. The van der Waals surface area contributed by atoms with Crippen molar-refractivity contribution in [3.63, 3.8) is 0 Å². The highest BCUT2D eigenvalue weighted by Crippen LogP contribution is 2.28. The lowest BCUT2D eigenvalue weighted by Crippen LogP contribution is -2.32. The highest BCUT2D eigenvalue weighted by molar-refractivity contribution is 14.1. The summed E-state index contributed by atoms with van der Waals surface area (Å²) in [5.74, 6) is 0.679. The van der Waals surface area contributed by atoms with Gasteiger partial charge in [-0.05, 0) is 58.8 Å². The molecule has 0 bridgehead atoms. The minimum atomic E-state index is -0.175. The second kappa shape index (κ2) is 6.23. The zero-order chi connectivity index (χ0) is 14.8. The molecule has 0 saturated carbocycles. The van der Waals surface area contributed by atoms with E-state index in [2.05, 4.69) is 27.9 Å². The molecule has 0 radical (unpaired) electrons. The number of amides is 1. The molecule has 108 valence electrons. The molecule has 21 heavy (non-hydrogen) atoms. The van der Waals surface area contributed by atoms with Gasteiger partial charge in [0.05, 0.1) is 11.6 Å². The fraction of sp³-hybridized carbons (Fsp3) is 0.188. The van der Waals surface area contributed by atoms with Crippen molar-refractivity contribution in [1.82, 2.24) is 0 Å². The van der Waals surface area contributed by atoms with Crippen molar-refractivity contribution < 1.29 is 9.53 Å². The van der Waals surface area contributed by atoms with E-state index >= 15 is 0 Å². The van der Waals surface area contributed by atoms with E-state index in [1.807, 2.05) is 36.4 Å². The summed E-state index contributed by atoms with van der Waals surface area (Å²) >= 11 is 8.08. The molecule has 1 N–H and O–H groups in total. The molecule has 2 aromatic carbocycles. The number of nitrogens with one attached hydrogen (secondary N) is 1. The molecule has 0 spiro atoms. The largest absolute Gasteiger partial charge is 0.492 e. The van der Waals surface area contributed by atoms with E-state index in [4.69, 9.17) is 16.3 Å². The van der Waals surface area contributed by atoms with E-state index in [0.717, 1.165) is 20.6 Å². The number of carbonyl (C=O) groups is 1. The van der Waals surface area contributed by atoms with E-state index < -0.39 is 0 Å². The monoisotopic (exact) mass is 413 g/mol. The molecule has 1 amide bonds. The number of fused-ring (bicyclic) bond motifs is 1. The van der Waals surface area contributed by atoms with Gasteiger partial charge in [-0.1, -0.05) is 29.8 Å². The fourth-order valence-electron chi connectivity index (χ4n) is 2.32. The van der Waals surface area contributed by atoms with Crippen molar-refractivity contribution >= 4 is 45.8 Å². The van der Waals surface area contributed by atoms with Crippen molar-refractivity contribution in [2.24, 2.45) is 5.92 Å². The third kappa shape index (κ3) is 3.32. The summed E-state index contributed by atoms with van der Waals surface area (Å²) in [7, 11) is 0. The van der Waals surface area contributed by atoms with Crippen LogP contribution in [0.25, 0.3) is 0 Å². The Labute approximate surface area is 141 Å². The molecule has 1 heterocycles. The zero-order valence-corrected chi connectivity index (χ0v) is 14.0. The van der Waals surface area contributed by atoms with Gasteiger partial charge in [0.25, 0.3) is 0 Å². The van der Waals surface area contributed by atoms with Gasteiger partial charge in [0.2, 0.25) is 5.91 Å². The van der Waals surface area contributed by atoms with Crippen molar-refractivity contribution in [3.05, 3.63) is 56.6 Å². The Bertz CT molecular complexity index is 690. The van der Waals surface area contributed by atoms with Crippen LogP contribution in [0.3, 0.4) is 0 Å². The van der Waals surface area contributed by atoms with Gasteiger partial charge in [0, 0.05) is 8.59 Å². The van der Waals surface area contributed by atoms with Crippen molar-refractivity contribution in [2.75, 3.05) is 11.9 Å². The number of hydrogen-bond donors (Lipinski definition) is 1. The number of halogens is 2. The number of hydrogen-bond acceptors (Lipinski definition) is 2. The highest BCUT2D eigenvalue weighted by Gasteiger charge is 2.26. The molecule has 0 aromatic heterocycles. The Morgan fingerprint density at radius 3 is 2.90 bits per heavy atom. The molecule has 2 aromatic rings. The number of para-hydroxylation sites is 1. The van der Waals surface area contributed by atoms with Crippen LogP contribution in [0.1, 0.15) is 5.56 Å². The first-order chi connectivity index (χ1) is 10.1. The Morgan fingerprint density at radius 2 is 2.10 bits per heavy atom. The van der Waals surface area contributed by atoms with Gasteiger partial charge >= 0.3 is 0 Å². The van der Waals surface area contributed by atoms with Crippen LogP contribution in [0.4, 0.5) is 5.69 Å². The molecular weight excluding hydrogens is 401 g/mol. The summed E-state index contributed by atoms with van der Waals surface area (Å²) in [5, 5.41) is 3.61. The Balaban J connectivity index is 1.72. The normalized spacial score (nSPS) is 16.8. The van der Waals surface area contributed by atoms with Gasteiger partial charge in [-0.15, -0.1) is 0 Å². The maximum Gasteiger partial charge on any atom is 0.231 e. The Kier molecular flexibility index (Phi) is 4.35. The topological polar surface area (TPSA) is 38.3 Å². The molecule has 3 rings (SSSR count). The summed E-state index contributed by atoms with van der Waals surface area (Å²) in [6, 6.07) is 13.3. The smallest absolute Gasteiger partial charge is 0.231 e. The Morgan fingerprint density at radius 1 is 1.29 bits per heavy atom. The van der Waals surface area contributed by atoms with Gasteiger partial charge < -0.3 is 10.1 Å². The lowest BCUT2D eigenvalue weighted by Gasteiger charge is -2.24. The van der Waals surface area contributed by atoms with E-state index in [1.165, 1.54) is 0 Å². The first kappa shape index (κ1) is 14.7. The van der Waals surface area contributed by atoms with E-state index in [1.54, 1.807) is 6.07 Å². The quantitative estimate of drug-likeness (QED) is 0.752. The molecule has 0 fully saturated rings. The van der Waals surface area contributed by atoms with Gasteiger partial charge in [-0.3, -0.25) is 4.79 Å². The van der Waals surface area contributed by atoms with E-state index in [9.17, 15) is 4.79 Å². The summed E-state index contributed by atoms with van der Waals surface area (Å²) in [5.41, 5.74) is 1.86. The van der Waals surface area contributed by atoms with Crippen LogP contribution in [0, 0.1) is 9.49 Å². The van der Waals surface area contributed by atoms with E-state index in [0.29, 0.717) is 18.1 Å². The molecule has 3 nitrogen and oxygen atoms in total. The van der Waals surface area contributed by atoms with Gasteiger partial charge in [-0.2, -0.15) is 0 Å². The summed E-state index contributed by atoms with van der Waals surface area (Å²) in [6.45, 7) is 0.410. The van der Waals surface area contributed by atoms with Crippen LogP contribution in [-0.4, -0.2) is 12.5 Å². The lowest BCUT2D eigenvalue weighted by molar-refractivity contribution is -0.121. The zero-order valence-electron chi connectivity index (χ0n) is 11.1. The van der Waals surface area contributed by atoms with Crippen LogP contribution in [-0.2, 0) is 11.2 Å². The number of anilines is 1. The standard InChI is InChI=1S/C16H13ClINO2/c17-12-5-6-14(13(18)8-12)19-16(20)11-7-10-3-1-2-4-15(10)21-9-11/h1-6,8,11H,7,9H2,(H,19,20). The molecule has 1 unspecified atom stereocenters. The predicted molar refractivity (Wildman–Crippen MR) is 91.9 cm³/mol. The van der Waals surface area contributed by atoms with Crippen molar-refractivity contribution in [1.29, 1.82) is 0 Å².